The van der Waals surface area contributed by atoms with Gasteiger partial charge in [0.1, 0.15) is 5.69 Å². The number of nitro benzene ring substituents is 1. The maximum absolute atomic E-state index is 12.4. The molecule has 1 unspecified atom stereocenters. The van der Waals surface area contributed by atoms with Gasteiger partial charge in [0.05, 0.1) is 11.0 Å². The van der Waals surface area contributed by atoms with Gasteiger partial charge in [-0.1, -0.05) is 31.2 Å². The zero-order valence-corrected chi connectivity index (χ0v) is 15.2. The summed E-state index contributed by atoms with van der Waals surface area (Å²) in [7, 11) is 3.89. The highest BCUT2D eigenvalue weighted by molar-refractivity contribution is 5.95. The lowest BCUT2D eigenvalue weighted by Gasteiger charge is -2.25. The fourth-order valence-electron chi connectivity index (χ4n) is 2.71. The highest BCUT2D eigenvalue weighted by Gasteiger charge is 2.18. The number of benzene rings is 2. The number of amides is 1. The molecule has 0 radical (unpaired) electrons. The second-order valence-corrected chi connectivity index (χ2v) is 6.32. The van der Waals surface area contributed by atoms with Gasteiger partial charge >= 0.3 is 0 Å². The third kappa shape index (κ3) is 4.58. The van der Waals surface area contributed by atoms with Crippen molar-refractivity contribution in [3.05, 3.63) is 69.3 Å². The summed E-state index contributed by atoms with van der Waals surface area (Å²) in [6.07, 6.45) is 0.972. The summed E-state index contributed by atoms with van der Waals surface area (Å²) in [5, 5.41) is 13.8. The van der Waals surface area contributed by atoms with Crippen molar-refractivity contribution in [1.29, 1.82) is 0 Å². The van der Waals surface area contributed by atoms with E-state index in [1.165, 1.54) is 23.8 Å². The molecule has 2 aromatic carbocycles. The van der Waals surface area contributed by atoms with Crippen molar-refractivity contribution in [3.63, 3.8) is 0 Å². The SMILES string of the molecule is CCc1ccc(C(CNC(=O)c2ccc(N)c([N+](=O)[O-])c2)N(C)C)cc1. The summed E-state index contributed by atoms with van der Waals surface area (Å²) >= 11 is 0. The number of rotatable bonds is 7. The highest BCUT2D eigenvalue weighted by Crippen LogP contribution is 2.23. The van der Waals surface area contributed by atoms with Crippen LogP contribution in [0.25, 0.3) is 0 Å². The van der Waals surface area contributed by atoms with Crippen molar-refractivity contribution in [3.8, 4) is 0 Å². The molecule has 138 valence electrons. The zero-order chi connectivity index (χ0) is 19.3. The molecule has 2 aromatic rings. The zero-order valence-electron chi connectivity index (χ0n) is 15.2. The van der Waals surface area contributed by atoms with Gasteiger partial charge in [-0.05, 0) is 43.8 Å². The van der Waals surface area contributed by atoms with Crippen molar-refractivity contribution in [2.24, 2.45) is 0 Å². The molecule has 1 atom stereocenters. The molecule has 0 fully saturated rings. The molecule has 0 saturated heterocycles. The van der Waals surface area contributed by atoms with Gasteiger partial charge in [0.25, 0.3) is 11.6 Å². The van der Waals surface area contributed by atoms with E-state index in [2.05, 4.69) is 36.5 Å². The van der Waals surface area contributed by atoms with Crippen molar-refractivity contribution in [2.45, 2.75) is 19.4 Å². The predicted molar refractivity (Wildman–Crippen MR) is 102 cm³/mol. The number of nitrogen functional groups attached to an aromatic ring is 1. The Labute approximate surface area is 153 Å². The average Bonchev–Trinajstić information content (AvgIpc) is 2.62. The molecule has 2 rings (SSSR count). The van der Waals surface area contributed by atoms with Crippen LogP contribution in [0.15, 0.2) is 42.5 Å². The predicted octanol–water partition coefficient (Wildman–Crippen LogP) is 2.77. The maximum atomic E-state index is 12.4. The number of aryl methyl sites for hydroxylation is 1. The number of carbonyl (C=O) groups excluding carboxylic acids is 1. The van der Waals surface area contributed by atoms with Crippen LogP contribution in [0, 0.1) is 10.1 Å². The van der Waals surface area contributed by atoms with E-state index >= 15 is 0 Å². The van der Waals surface area contributed by atoms with E-state index in [4.69, 9.17) is 5.73 Å². The van der Waals surface area contributed by atoms with E-state index in [1.54, 1.807) is 0 Å². The Hall–Kier alpha value is -2.93. The fraction of sp³-hybridized carbons (Fsp3) is 0.316. The van der Waals surface area contributed by atoms with Crippen molar-refractivity contribution in [2.75, 3.05) is 26.4 Å². The molecule has 26 heavy (non-hydrogen) atoms. The molecule has 7 heteroatoms. The molecular formula is C19H24N4O3. The Bertz CT molecular complexity index is 788. The van der Waals surface area contributed by atoms with Gasteiger partial charge in [-0.25, -0.2) is 0 Å². The first-order valence-corrected chi connectivity index (χ1v) is 8.40. The lowest BCUT2D eigenvalue weighted by atomic mass is 10.0. The first-order chi connectivity index (χ1) is 12.3. The van der Waals surface area contributed by atoms with Gasteiger partial charge in [0.2, 0.25) is 0 Å². The minimum absolute atomic E-state index is 0.00590. The van der Waals surface area contributed by atoms with E-state index in [-0.39, 0.29) is 28.9 Å². The molecule has 1 amide bonds. The number of carbonyl (C=O) groups is 1. The Balaban J connectivity index is 2.12. The van der Waals surface area contributed by atoms with Gasteiger partial charge in [0.15, 0.2) is 0 Å². The van der Waals surface area contributed by atoms with Crippen molar-refractivity contribution < 1.29 is 9.72 Å². The molecule has 0 aliphatic carbocycles. The molecular weight excluding hydrogens is 332 g/mol. The number of likely N-dealkylation sites (N-methyl/N-ethyl adjacent to an activating group) is 1. The standard InChI is InChI=1S/C19H24N4O3/c1-4-13-5-7-14(8-6-13)18(22(2)3)12-21-19(24)15-9-10-16(20)17(11-15)23(25)26/h5-11,18H,4,12,20H2,1-3H3,(H,21,24). The largest absolute Gasteiger partial charge is 0.393 e. The van der Waals surface area contributed by atoms with Crippen LogP contribution in [0.3, 0.4) is 0 Å². The highest BCUT2D eigenvalue weighted by atomic mass is 16.6. The van der Waals surface area contributed by atoms with Gasteiger partial charge in [0, 0.05) is 18.2 Å². The number of nitrogens with one attached hydrogen (secondary N) is 1. The third-order valence-electron chi connectivity index (χ3n) is 4.34. The van der Waals surface area contributed by atoms with Gasteiger partial charge in [-0.15, -0.1) is 0 Å². The minimum Gasteiger partial charge on any atom is -0.393 e. The Morgan fingerprint density at radius 1 is 1.23 bits per heavy atom. The molecule has 7 nitrogen and oxygen atoms in total. The maximum Gasteiger partial charge on any atom is 0.292 e. The molecule has 0 aliphatic rings. The van der Waals surface area contributed by atoms with Crippen LogP contribution in [-0.2, 0) is 6.42 Å². The number of nitro groups is 1. The van der Waals surface area contributed by atoms with Crippen LogP contribution in [0.4, 0.5) is 11.4 Å². The van der Waals surface area contributed by atoms with Crippen LogP contribution in [0.2, 0.25) is 0 Å². The number of hydrogen-bond donors (Lipinski definition) is 2. The first kappa shape index (κ1) is 19.4. The molecule has 0 heterocycles. The fourth-order valence-corrected chi connectivity index (χ4v) is 2.71. The third-order valence-corrected chi connectivity index (χ3v) is 4.34. The second-order valence-electron chi connectivity index (χ2n) is 6.32. The minimum atomic E-state index is -0.593. The number of anilines is 1. The summed E-state index contributed by atoms with van der Waals surface area (Å²) in [6.45, 7) is 2.49. The quantitative estimate of drug-likeness (QED) is 0.451. The summed E-state index contributed by atoms with van der Waals surface area (Å²) in [6, 6.07) is 12.3. The molecule has 0 bridgehead atoms. The molecule has 0 aliphatic heterocycles. The van der Waals surface area contributed by atoms with Crippen molar-refractivity contribution >= 4 is 17.3 Å². The molecule has 0 saturated carbocycles. The van der Waals surface area contributed by atoms with E-state index in [1.807, 2.05) is 19.0 Å². The lowest BCUT2D eigenvalue weighted by molar-refractivity contribution is -0.383. The van der Waals surface area contributed by atoms with E-state index in [9.17, 15) is 14.9 Å². The summed E-state index contributed by atoms with van der Waals surface area (Å²) in [5.41, 5.74) is 7.90. The molecule has 0 aromatic heterocycles. The average molecular weight is 356 g/mol. The monoisotopic (exact) mass is 356 g/mol. The second kappa shape index (κ2) is 8.44. The number of hydrogen-bond acceptors (Lipinski definition) is 5. The Morgan fingerprint density at radius 2 is 1.88 bits per heavy atom. The van der Waals surface area contributed by atoms with Crippen molar-refractivity contribution in [1.82, 2.24) is 10.2 Å². The number of nitrogens with zero attached hydrogens (tertiary/aromatic N) is 2. The van der Waals surface area contributed by atoms with Crippen LogP contribution < -0.4 is 11.1 Å². The van der Waals surface area contributed by atoms with Gasteiger partial charge in [-0.3, -0.25) is 14.9 Å². The molecule has 3 N–H and O–H groups in total. The normalized spacial score (nSPS) is 12.0. The van der Waals surface area contributed by atoms with E-state index in [0.717, 1.165) is 12.0 Å². The summed E-state index contributed by atoms with van der Waals surface area (Å²) < 4.78 is 0. The topological polar surface area (TPSA) is 102 Å². The Kier molecular flexibility index (Phi) is 6.30. The number of nitrogens with two attached hydrogens (primary N) is 1. The first-order valence-electron chi connectivity index (χ1n) is 8.40. The van der Waals surface area contributed by atoms with E-state index < -0.39 is 4.92 Å². The van der Waals surface area contributed by atoms with E-state index in [0.29, 0.717) is 6.54 Å². The lowest BCUT2D eigenvalue weighted by Crippen LogP contribution is -2.34. The van der Waals surface area contributed by atoms with Gasteiger partial charge in [-0.2, -0.15) is 0 Å². The summed E-state index contributed by atoms with van der Waals surface area (Å²) in [5.74, 6) is -0.370. The van der Waals surface area contributed by atoms with Gasteiger partial charge < -0.3 is 16.0 Å². The molecule has 0 spiro atoms. The Morgan fingerprint density at radius 3 is 2.42 bits per heavy atom. The smallest absolute Gasteiger partial charge is 0.292 e. The van der Waals surface area contributed by atoms with Crippen LogP contribution in [-0.4, -0.2) is 36.4 Å². The van der Waals surface area contributed by atoms with Crippen LogP contribution in [0.1, 0.15) is 34.5 Å². The van der Waals surface area contributed by atoms with Crippen LogP contribution >= 0.6 is 0 Å². The summed E-state index contributed by atoms with van der Waals surface area (Å²) in [4.78, 5) is 24.8. The van der Waals surface area contributed by atoms with Crippen LogP contribution in [0.5, 0.6) is 0 Å².